The highest BCUT2D eigenvalue weighted by atomic mass is 19.1. The third kappa shape index (κ3) is 4.90. The monoisotopic (exact) mass is 394 g/mol. The van der Waals surface area contributed by atoms with E-state index in [2.05, 4.69) is 10.3 Å². The molecule has 2 N–H and O–H groups in total. The molecule has 2 aromatic carbocycles. The summed E-state index contributed by atoms with van der Waals surface area (Å²) in [6.45, 7) is 5.62. The van der Waals surface area contributed by atoms with E-state index >= 15 is 0 Å². The SMILES string of the molecule is Cc1cc(C)c(CNC(=O)c2ccc([C@@H](C)Oc3ccccc3F)cc2)c(=O)[nH]1. The zero-order valence-corrected chi connectivity index (χ0v) is 16.6. The minimum atomic E-state index is -0.420. The van der Waals surface area contributed by atoms with Crippen molar-refractivity contribution in [2.45, 2.75) is 33.4 Å². The van der Waals surface area contributed by atoms with Gasteiger partial charge in [-0.2, -0.15) is 0 Å². The Morgan fingerprint density at radius 2 is 1.83 bits per heavy atom. The van der Waals surface area contributed by atoms with Crippen molar-refractivity contribution in [3.8, 4) is 5.75 Å². The van der Waals surface area contributed by atoms with E-state index in [9.17, 15) is 14.0 Å². The fourth-order valence-electron chi connectivity index (χ4n) is 3.08. The molecule has 0 radical (unpaired) electrons. The van der Waals surface area contributed by atoms with Crippen LogP contribution < -0.4 is 15.6 Å². The highest BCUT2D eigenvalue weighted by Crippen LogP contribution is 2.24. The molecule has 29 heavy (non-hydrogen) atoms. The number of para-hydroxylation sites is 1. The summed E-state index contributed by atoms with van der Waals surface area (Å²) >= 11 is 0. The van der Waals surface area contributed by atoms with Crippen molar-refractivity contribution in [2.75, 3.05) is 0 Å². The minimum Gasteiger partial charge on any atom is -0.483 e. The molecule has 0 spiro atoms. The van der Waals surface area contributed by atoms with Crippen LogP contribution in [0.25, 0.3) is 0 Å². The molecule has 3 rings (SSSR count). The van der Waals surface area contributed by atoms with Crippen molar-refractivity contribution in [1.82, 2.24) is 10.3 Å². The van der Waals surface area contributed by atoms with E-state index in [0.717, 1.165) is 16.8 Å². The van der Waals surface area contributed by atoms with Gasteiger partial charge in [0.05, 0.1) is 0 Å². The number of hydrogen-bond donors (Lipinski definition) is 2. The molecule has 0 aliphatic carbocycles. The summed E-state index contributed by atoms with van der Waals surface area (Å²) in [5.74, 6) is -0.518. The van der Waals surface area contributed by atoms with Crippen LogP contribution >= 0.6 is 0 Å². The van der Waals surface area contributed by atoms with Crippen LogP contribution in [0.1, 0.15) is 45.8 Å². The Balaban J connectivity index is 1.64. The summed E-state index contributed by atoms with van der Waals surface area (Å²) in [5.41, 5.74) is 3.24. The Hall–Kier alpha value is -3.41. The van der Waals surface area contributed by atoms with Crippen LogP contribution in [0.2, 0.25) is 0 Å². The van der Waals surface area contributed by atoms with E-state index < -0.39 is 5.82 Å². The van der Waals surface area contributed by atoms with Gasteiger partial charge in [0.2, 0.25) is 0 Å². The van der Waals surface area contributed by atoms with E-state index in [1.54, 1.807) is 42.5 Å². The Labute approximate surface area is 168 Å². The molecule has 0 fully saturated rings. The first-order valence-corrected chi connectivity index (χ1v) is 9.34. The largest absolute Gasteiger partial charge is 0.483 e. The average Bonchev–Trinajstić information content (AvgIpc) is 2.69. The van der Waals surface area contributed by atoms with Gasteiger partial charge in [-0.05, 0) is 62.2 Å². The Kier molecular flexibility index (Phi) is 6.12. The summed E-state index contributed by atoms with van der Waals surface area (Å²) in [5, 5.41) is 2.77. The van der Waals surface area contributed by atoms with Crippen LogP contribution in [0.4, 0.5) is 4.39 Å². The lowest BCUT2D eigenvalue weighted by atomic mass is 10.1. The molecule has 0 aliphatic rings. The maximum atomic E-state index is 13.7. The van der Waals surface area contributed by atoms with Crippen LogP contribution in [0.5, 0.6) is 5.75 Å². The Morgan fingerprint density at radius 3 is 2.48 bits per heavy atom. The molecule has 0 saturated heterocycles. The molecule has 3 aromatic rings. The number of rotatable bonds is 6. The van der Waals surface area contributed by atoms with E-state index in [0.29, 0.717) is 11.1 Å². The van der Waals surface area contributed by atoms with Crippen molar-refractivity contribution in [1.29, 1.82) is 0 Å². The van der Waals surface area contributed by atoms with Crippen LogP contribution in [-0.2, 0) is 6.54 Å². The van der Waals surface area contributed by atoms with Crippen molar-refractivity contribution in [2.24, 2.45) is 0 Å². The molecule has 0 bridgehead atoms. The zero-order chi connectivity index (χ0) is 21.0. The molecular formula is C23H23FN2O3. The molecule has 1 heterocycles. The second-order valence-corrected chi connectivity index (χ2v) is 6.94. The number of amides is 1. The first kappa shape index (κ1) is 20.3. The maximum Gasteiger partial charge on any atom is 0.253 e. The van der Waals surface area contributed by atoms with Crippen LogP contribution in [0.15, 0.2) is 59.4 Å². The summed E-state index contributed by atoms with van der Waals surface area (Å²) in [6.07, 6.45) is -0.377. The van der Waals surface area contributed by atoms with Gasteiger partial charge in [-0.25, -0.2) is 4.39 Å². The predicted molar refractivity (Wildman–Crippen MR) is 110 cm³/mol. The Morgan fingerprint density at radius 1 is 1.14 bits per heavy atom. The van der Waals surface area contributed by atoms with Gasteiger partial charge in [0.25, 0.3) is 11.5 Å². The quantitative estimate of drug-likeness (QED) is 0.658. The van der Waals surface area contributed by atoms with E-state index in [1.807, 2.05) is 26.8 Å². The molecule has 150 valence electrons. The first-order valence-electron chi connectivity index (χ1n) is 9.34. The molecule has 0 aliphatic heterocycles. The van der Waals surface area contributed by atoms with Gasteiger partial charge >= 0.3 is 0 Å². The normalized spacial score (nSPS) is 11.7. The van der Waals surface area contributed by atoms with E-state index in [1.165, 1.54) is 6.07 Å². The number of hydrogen-bond acceptors (Lipinski definition) is 3. The maximum absolute atomic E-state index is 13.7. The molecule has 1 amide bonds. The standard InChI is InChI=1S/C23H23FN2O3/c1-14-12-15(2)26-23(28)19(14)13-25-22(27)18-10-8-17(9-11-18)16(3)29-21-7-5-4-6-20(21)24/h4-12,16H,13H2,1-3H3,(H,25,27)(H,26,28)/t16-/m1/s1. The molecule has 1 aromatic heterocycles. The smallest absolute Gasteiger partial charge is 0.253 e. The van der Waals surface area contributed by atoms with Crippen molar-refractivity contribution < 1.29 is 13.9 Å². The summed E-state index contributed by atoms with van der Waals surface area (Å²) in [7, 11) is 0. The lowest BCUT2D eigenvalue weighted by Crippen LogP contribution is -2.27. The predicted octanol–water partition coefficient (Wildman–Crippen LogP) is 4.20. The molecule has 5 nitrogen and oxygen atoms in total. The molecule has 0 saturated carbocycles. The number of H-pyrrole nitrogens is 1. The van der Waals surface area contributed by atoms with Gasteiger partial charge < -0.3 is 15.0 Å². The summed E-state index contributed by atoms with van der Waals surface area (Å²) in [4.78, 5) is 27.2. The molecule has 6 heteroatoms. The first-order chi connectivity index (χ1) is 13.8. The number of aromatic amines is 1. The lowest BCUT2D eigenvalue weighted by Gasteiger charge is -2.16. The van der Waals surface area contributed by atoms with Gasteiger partial charge in [0.15, 0.2) is 11.6 Å². The van der Waals surface area contributed by atoms with E-state index in [-0.39, 0.29) is 29.9 Å². The highest BCUT2D eigenvalue weighted by molar-refractivity contribution is 5.94. The van der Waals surface area contributed by atoms with Crippen LogP contribution in [0.3, 0.4) is 0 Å². The lowest BCUT2D eigenvalue weighted by molar-refractivity contribution is 0.0950. The van der Waals surface area contributed by atoms with Crippen LogP contribution in [-0.4, -0.2) is 10.9 Å². The fraction of sp³-hybridized carbons (Fsp3) is 0.217. The summed E-state index contributed by atoms with van der Waals surface area (Å²) in [6, 6.07) is 15.0. The summed E-state index contributed by atoms with van der Waals surface area (Å²) < 4.78 is 19.4. The molecule has 0 unspecified atom stereocenters. The number of aryl methyl sites for hydroxylation is 2. The second-order valence-electron chi connectivity index (χ2n) is 6.94. The number of carbonyl (C=O) groups excluding carboxylic acids is 1. The topological polar surface area (TPSA) is 71.2 Å². The van der Waals surface area contributed by atoms with Gasteiger partial charge in [0, 0.05) is 23.4 Å². The number of pyridine rings is 1. The third-order valence-corrected chi connectivity index (χ3v) is 4.70. The molecular weight excluding hydrogens is 371 g/mol. The number of ether oxygens (including phenoxy) is 1. The number of nitrogens with one attached hydrogen (secondary N) is 2. The van der Waals surface area contributed by atoms with E-state index in [4.69, 9.17) is 4.74 Å². The molecule has 1 atom stereocenters. The van der Waals surface area contributed by atoms with Gasteiger partial charge in [-0.3, -0.25) is 9.59 Å². The van der Waals surface area contributed by atoms with Gasteiger partial charge in [-0.15, -0.1) is 0 Å². The highest BCUT2D eigenvalue weighted by Gasteiger charge is 2.13. The average molecular weight is 394 g/mol. The van der Waals surface area contributed by atoms with Crippen molar-refractivity contribution in [3.63, 3.8) is 0 Å². The third-order valence-electron chi connectivity index (χ3n) is 4.70. The fourth-order valence-corrected chi connectivity index (χ4v) is 3.08. The van der Waals surface area contributed by atoms with Gasteiger partial charge in [-0.1, -0.05) is 24.3 Å². The number of benzene rings is 2. The number of halogens is 1. The number of aromatic nitrogens is 1. The zero-order valence-electron chi connectivity index (χ0n) is 16.6. The van der Waals surface area contributed by atoms with Gasteiger partial charge in [0.1, 0.15) is 6.10 Å². The van der Waals surface area contributed by atoms with Crippen LogP contribution in [0, 0.1) is 19.7 Å². The minimum absolute atomic E-state index is 0.148. The van der Waals surface area contributed by atoms with Crippen molar-refractivity contribution >= 4 is 5.91 Å². The Bertz CT molecular complexity index is 1070. The van der Waals surface area contributed by atoms with Crippen molar-refractivity contribution in [3.05, 3.63) is 98.7 Å². The number of carbonyl (C=O) groups is 1. The second kappa shape index (κ2) is 8.73.